The van der Waals surface area contributed by atoms with Crippen molar-refractivity contribution in [2.45, 2.75) is 27.2 Å². The molecule has 0 fully saturated rings. The first-order valence-corrected chi connectivity index (χ1v) is 4.48. The van der Waals surface area contributed by atoms with Gasteiger partial charge in [-0.05, 0) is 31.9 Å². The molecule has 0 N–H and O–H groups in total. The standard InChI is InChI=1S/C11H14O2/c1-4-8-7-11(12)13-10(6-3)9(8)5-2/h5-7H,4H2,1-3H3/b9-5-,10-6+. The fraction of sp³-hybridized carbons (Fsp3) is 0.364. The fourth-order valence-electron chi connectivity index (χ4n) is 1.41. The van der Waals surface area contributed by atoms with E-state index in [2.05, 4.69) is 0 Å². The van der Waals surface area contributed by atoms with Crippen LogP contribution in [0, 0.1) is 0 Å². The predicted octanol–water partition coefficient (Wildman–Crippen LogP) is 0.803. The quantitative estimate of drug-likeness (QED) is 0.637. The third-order valence-electron chi connectivity index (χ3n) is 2.05. The van der Waals surface area contributed by atoms with Gasteiger partial charge in [0.2, 0.25) is 0 Å². The summed E-state index contributed by atoms with van der Waals surface area (Å²) in [6.45, 7) is 5.84. The average Bonchev–Trinajstić information content (AvgIpc) is 2.16. The molecule has 0 saturated heterocycles. The normalized spacial score (nSPS) is 13.8. The van der Waals surface area contributed by atoms with Gasteiger partial charge in [0.1, 0.15) is 5.42 Å². The highest BCUT2D eigenvalue weighted by molar-refractivity contribution is 5.29. The maximum atomic E-state index is 11.1. The lowest BCUT2D eigenvalue weighted by atomic mass is 10.1. The summed E-state index contributed by atoms with van der Waals surface area (Å²) in [6, 6.07) is 1.56. The molecule has 0 unspecified atom stereocenters. The van der Waals surface area contributed by atoms with Crippen molar-refractivity contribution in [3.05, 3.63) is 32.7 Å². The second-order valence-electron chi connectivity index (χ2n) is 2.80. The number of aryl methyl sites for hydroxylation is 1. The van der Waals surface area contributed by atoms with E-state index in [-0.39, 0.29) is 5.63 Å². The van der Waals surface area contributed by atoms with Crippen LogP contribution in [0.2, 0.25) is 0 Å². The van der Waals surface area contributed by atoms with E-state index in [1.807, 2.05) is 32.9 Å². The summed E-state index contributed by atoms with van der Waals surface area (Å²) >= 11 is 0. The summed E-state index contributed by atoms with van der Waals surface area (Å²) in [5, 5.41) is 1.03. The van der Waals surface area contributed by atoms with E-state index in [9.17, 15) is 4.79 Å². The molecule has 2 nitrogen and oxygen atoms in total. The van der Waals surface area contributed by atoms with Crippen LogP contribution in [0.5, 0.6) is 0 Å². The molecule has 1 heterocycles. The van der Waals surface area contributed by atoms with Crippen LogP contribution < -0.4 is 16.3 Å². The molecule has 2 heteroatoms. The Labute approximate surface area is 77.2 Å². The zero-order valence-electron chi connectivity index (χ0n) is 8.26. The topological polar surface area (TPSA) is 30.2 Å². The molecule has 1 rings (SSSR count). The summed E-state index contributed by atoms with van der Waals surface area (Å²) in [5.74, 6) is 0. The second-order valence-corrected chi connectivity index (χ2v) is 2.80. The summed E-state index contributed by atoms with van der Waals surface area (Å²) in [4.78, 5) is 11.1. The molecule has 0 saturated carbocycles. The van der Waals surface area contributed by atoms with E-state index >= 15 is 0 Å². The molecular formula is C11H14O2. The van der Waals surface area contributed by atoms with Gasteiger partial charge in [-0.2, -0.15) is 0 Å². The molecule has 0 spiro atoms. The minimum absolute atomic E-state index is 0.268. The smallest absolute Gasteiger partial charge is 0.336 e. The fourth-order valence-corrected chi connectivity index (χ4v) is 1.41. The van der Waals surface area contributed by atoms with Gasteiger partial charge in [-0.3, -0.25) is 0 Å². The SMILES string of the molecule is C/C=c1/c(CC)cc(=O)o/c1=C/C. The molecule has 0 bridgehead atoms. The predicted molar refractivity (Wildman–Crippen MR) is 53.9 cm³/mol. The van der Waals surface area contributed by atoms with Crippen LogP contribution in [-0.2, 0) is 6.42 Å². The van der Waals surface area contributed by atoms with Crippen molar-refractivity contribution in [1.29, 1.82) is 0 Å². The Bertz CT molecular complexity index is 452. The Morgan fingerprint density at radius 2 is 2.08 bits per heavy atom. The van der Waals surface area contributed by atoms with Gasteiger partial charge in [-0.15, -0.1) is 0 Å². The molecule has 1 aromatic rings. The molecule has 0 aliphatic heterocycles. The highest BCUT2D eigenvalue weighted by atomic mass is 16.4. The summed E-state index contributed by atoms with van der Waals surface area (Å²) in [6.07, 6.45) is 4.64. The maximum absolute atomic E-state index is 11.1. The van der Waals surface area contributed by atoms with Crippen LogP contribution in [0.1, 0.15) is 26.3 Å². The number of rotatable bonds is 1. The largest absolute Gasteiger partial charge is 0.423 e. The number of hydrogen-bond acceptors (Lipinski definition) is 2. The van der Waals surface area contributed by atoms with E-state index in [1.54, 1.807) is 6.07 Å². The van der Waals surface area contributed by atoms with Gasteiger partial charge in [-0.1, -0.05) is 13.0 Å². The molecule has 0 aromatic carbocycles. The van der Waals surface area contributed by atoms with Gasteiger partial charge in [0, 0.05) is 11.3 Å². The zero-order chi connectivity index (χ0) is 9.84. The Hall–Kier alpha value is -1.31. The van der Waals surface area contributed by atoms with Crippen LogP contribution in [0.3, 0.4) is 0 Å². The molecule has 0 radical (unpaired) electrons. The van der Waals surface area contributed by atoms with Crippen molar-refractivity contribution < 1.29 is 4.42 Å². The molecule has 0 amide bonds. The van der Waals surface area contributed by atoms with E-state index in [0.717, 1.165) is 17.2 Å². The second kappa shape index (κ2) is 4.08. The summed E-state index contributed by atoms with van der Waals surface area (Å²) in [5.41, 5.74) is 1.45. The monoisotopic (exact) mass is 178 g/mol. The van der Waals surface area contributed by atoms with Crippen LogP contribution in [0.25, 0.3) is 12.2 Å². The molecule has 70 valence electrons. The third kappa shape index (κ3) is 1.89. The van der Waals surface area contributed by atoms with Crippen molar-refractivity contribution in [2.24, 2.45) is 0 Å². The summed E-state index contributed by atoms with van der Waals surface area (Å²) < 4.78 is 5.05. The number of hydrogen-bond donors (Lipinski definition) is 0. The van der Waals surface area contributed by atoms with Crippen molar-refractivity contribution >= 4 is 12.2 Å². The molecular weight excluding hydrogens is 164 g/mol. The van der Waals surface area contributed by atoms with Crippen LogP contribution in [0.15, 0.2) is 15.3 Å². The Kier molecular flexibility index (Phi) is 3.07. The van der Waals surface area contributed by atoms with E-state index in [0.29, 0.717) is 5.42 Å². The van der Waals surface area contributed by atoms with Gasteiger partial charge in [-0.25, -0.2) is 4.79 Å². The highest BCUT2D eigenvalue weighted by Crippen LogP contribution is 1.84. The Morgan fingerprint density at radius 1 is 1.38 bits per heavy atom. The lowest BCUT2D eigenvalue weighted by molar-refractivity contribution is 0.470. The lowest BCUT2D eigenvalue weighted by Gasteiger charge is -1.96. The van der Waals surface area contributed by atoms with Crippen molar-refractivity contribution in [2.75, 3.05) is 0 Å². The van der Waals surface area contributed by atoms with E-state index in [4.69, 9.17) is 4.42 Å². The van der Waals surface area contributed by atoms with Crippen molar-refractivity contribution in [3.8, 4) is 0 Å². The first-order chi connectivity index (χ1) is 6.22. The Morgan fingerprint density at radius 3 is 2.54 bits per heavy atom. The lowest BCUT2D eigenvalue weighted by Crippen LogP contribution is -2.32. The van der Waals surface area contributed by atoms with Crippen LogP contribution >= 0.6 is 0 Å². The minimum atomic E-state index is -0.268. The Balaban J connectivity index is 3.75. The van der Waals surface area contributed by atoms with Crippen molar-refractivity contribution in [1.82, 2.24) is 0 Å². The van der Waals surface area contributed by atoms with E-state index < -0.39 is 0 Å². The molecule has 0 aliphatic rings. The van der Waals surface area contributed by atoms with Gasteiger partial charge in [0.25, 0.3) is 0 Å². The molecule has 0 atom stereocenters. The summed E-state index contributed by atoms with van der Waals surface area (Å²) in [7, 11) is 0. The van der Waals surface area contributed by atoms with Crippen LogP contribution in [-0.4, -0.2) is 0 Å². The van der Waals surface area contributed by atoms with Gasteiger partial charge < -0.3 is 4.42 Å². The van der Waals surface area contributed by atoms with Gasteiger partial charge in [0.05, 0.1) is 0 Å². The van der Waals surface area contributed by atoms with Gasteiger partial charge in [0.15, 0.2) is 0 Å². The van der Waals surface area contributed by atoms with Gasteiger partial charge >= 0.3 is 5.63 Å². The first kappa shape index (κ1) is 9.78. The average molecular weight is 178 g/mol. The zero-order valence-corrected chi connectivity index (χ0v) is 8.26. The van der Waals surface area contributed by atoms with E-state index in [1.165, 1.54) is 0 Å². The molecule has 1 aromatic heterocycles. The minimum Gasteiger partial charge on any atom is -0.423 e. The maximum Gasteiger partial charge on any atom is 0.336 e. The molecule has 13 heavy (non-hydrogen) atoms. The highest BCUT2D eigenvalue weighted by Gasteiger charge is 1.97. The van der Waals surface area contributed by atoms with Crippen molar-refractivity contribution in [3.63, 3.8) is 0 Å². The first-order valence-electron chi connectivity index (χ1n) is 4.48. The van der Waals surface area contributed by atoms with Crippen LogP contribution in [0.4, 0.5) is 0 Å². The molecule has 0 aliphatic carbocycles. The third-order valence-corrected chi connectivity index (χ3v) is 2.05.